The molecule has 2 amide bonds. The summed E-state index contributed by atoms with van der Waals surface area (Å²) in [7, 11) is 0. The maximum Gasteiger partial charge on any atom is 0.277 e. The van der Waals surface area contributed by atoms with Crippen molar-refractivity contribution in [1.82, 2.24) is 19.9 Å². The summed E-state index contributed by atoms with van der Waals surface area (Å²) in [6.45, 7) is 5.36. The van der Waals surface area contributed by atoms with Gasteiger partial charge in [0.25, 0.3) is 5.91 Å². The standard InChI is InChI=1S/C26H26FN5O2S/c1-15-11-20-21(12-16(15)2)30-26(29-20)31-24(34)22-14-35-25(28-22)18-7-9-32(10-8-18)23(33)13-17-3-5-19(27)6-4-17/h3-6,11-12,14,18H,7-10,13H2,1-2H3,(H2,29,30,31,34). The number of aryl methyl sites for hydroxylation is 2. The summed E-state index contributed by atoms with van der Waals surface area (Å²) in [5.41, 5.74) is 5.17. The van der Waals surface area contributed by atoms with E-state index in [1.165, 1.54) is 23.5 Å². The topological polar surface area (TPSA) is 91.0 Å². The molecule has 1 aliphatic heterocycles. The molecule has 0 aliphatic carbocycles. The number of H-pyrrole nitrogens is 1. The minimum atomic E-state index is -0.304. The SMILES string of the molecule is Cc1cc2nc(NC(=O)c3csc(C4CCN(C(=O)Cc5ccc(F)cc5)CC4)n3)[nH]c2cc1C. The number of fused-ring (bicyclic) bond motifs is 1. The Balaban J connectivity index is 1.17. The smallest absolute Gasteiger partial charge is 0.277 e. The molecule has 0 bridgehead atoms. The molecule has 0 radical (unpaired) electrons. The monoisotopic (exact) mass is 491 g/mol. The Bertz CT molecular complexity index is 1350. The molecule has 1 fully saturated rings. The summed E-state index contributed by atoms with van der Waals surface area (Å²) < 4.78 is 13.1. The number of aromatic amines is 1. The van der Waals surface area contributed by atoms with Crippen LogP contribution >= 0.6 is 11.3 Å². The average Bonchev–Trinajstić information content (AvgIpc) is 3.48. The lowest BCUT2D eigenvalue weighted by Crippen LogP contribution is -2.38. The molecular formula is C26H26FN5O2S. The van der Waals surface area contributed by atoms with Crippen molar-refractivity contribution in [3.63, 3.8) is 0 Å². The number of thiazole rings is 1. The third-order valence-corrected chi connectivity index (χ3v) is 7.56. The summed E-state index contributed by atoms with van der Waals surface area (Å²) in [6.07, 6.45) is 1.87. The van der Waals surface area contributed by atoms with Gasteiger partial charge < -0.3 is 9.88 Å². The van der Waals surface area contributed by atoms with Gasteiger partial charge in [-0.3, -0.25) is 14.9 Å². The van der Waals surface area contributed by atoms with Crippen molar-refractivity contribution in [3.8, 4) is 0 Å². The van der Waals surface area contributed by atoms with Gasteiger partial charge in [-0.1, -0.05) is 12.1 Å². The lowest BCUT2D eigenvalue weighted by molar-refractivity contribution is -0.131. The number of nitrogens with zero attached hydrogens (tertiary/aromatic N) is 3. The number of imidazole rings is 1. The van der Waals surface area contributed by atoms with E-state index >= 15 is 0 Å². The Hall–Kier alpha value is -3.59. The van der Waals surface area contributed by atoms with E-state index in [1.807, 2.05) is 30.9 Å². The first-order valence-electron chi connectivity index (χ1n) is 11.6. The van der Waals surface area contributed by atoms with Gasteiger partial charge >= 0.3 is 0 Å². The normalized spacial score (nSPS) is 14.4. The number of piperidine rings is 1. The number of carbonyl (C=O) groups is 2. The fourth-order valence-corrected chi connectivity index (χ4v) is 5.32. The molecule has 1 saturated heterocycles. The quantitative estimate of drug-likeness (QED) is 0.412. The minimum absolute atomic E-state index is 0.0467. The molecule has 2 aromatic carbocycles. The predicted molar refractivity (Wildman–Crippen MR) is 134 cm³/mol. The van der Waals surface area contributed by atoms with Crippen LogP contribution in [0.1, 0.15) is 50.9 Å². The number of hydrogen-bond donors (Lipinski definition) is 2. The lowest BCUT2D eigenvalue weighted by Gasteiger charge is -2.31. The largest absolute Gasteiger partial charge is 0.342 e. The molecule has 5 rings (SSSR count). The van der Waals surface area contributed by atoms with Crippen molar-refractivity contribution in [2.75, 3.05) is 18.4 Å². The number of benzene rings is 2. The highest BCUT2D eigenvalue weighted by molar-refractivity contribution is 7.10. The Morgan fingerprint density at radius 3 is 2.57 bits per heavy atom. The number of aromatic nitrogens is 3. The van der Waals surface area contributed by atoms with E-state index in [-0.39, 0.29) is 30.0 Å². The molecule has 3 heterocycles. The van der Waals surface area contributed by atoms with Crippen LogP contribution < -0.4 is 5.32 Å². The van der Waals surface area contributed by atoms with Crippen LogP contribution in [-0.2, 0) is 11.2 Å². The highest BCUT2D eigenvalue weighted by Crippen LogP contribution is 2.31. The zero-order valence-electron chi connectivity index (χ0n) is 19.6. The lowest BCUT2D eigenvalue weighted by atomic mass is 9.97. The van der Waals surface area contributed by atoms with Crippen molar-refractivity contribution >= 4 is 40.1 Å². The molecule has 0 spiro atoms. The van der Waals surface area contributed by atoms with Gasteiger partial charge in [-0.15, -0.1) is 11.3 Å². The molecule has 7 nitrogen and oxygen atoms in total. The number of hydrogen-bond acceptors (Lipinski definition) is 5. The third kappa shape index (κ3) is 5.09. The van der Waals surface area contributed by atoms with Crippen LogP contribution in [-0.4, -0.2) is 44.8 Å². The second-order valence-electron chi connectivity index (χ2n) is 9.02. The van der Waals surface area contributed by atoms with Gasteiger partial charge in [0.1, 0.15) is 11.5 Å². The summed E-state index contributed by atoms with van der Waals surface area (Å²) in [5.74, 6) is 0.0600. The summed E-state index contributed by atoms with van der Waals surface area (Å²) in [6, 6.07) is 10.1. The average molecular weight is 492 g/mol. The maximum atomic E-state index is 13.1. The van der Waals surface area contributed by atoms with Crippen LogP contribution in [0.3, 0.4) is 0 Å². The van der Waals surface area contributed by atoms with Crippen molar-refractivity contribution in [3.05, 3.63) is 75.0 Å². The molecule has 4 aromatic rings. The zero-order valence-corrected chi connectivity index (χ0v) is 20.4. The van der Waals surface area contributed by atoms with E-state index < -0.39 is 0 Å². The summed E-state index contributed by atoms with van der Waals surface area (Å²) >= 11 is 1.48. The molecule has 35 heavy (non-hydrogen) atoms. The van der Waals surface area contributed by atoms with Gasteiger partial charge in [-0.2, -0.15) is 0 Å². The molecule has 0 unspecified atom stereocenters. The molecule has 180 valence electrons. The minimum Gasteiger partial charge on any atom is -0.342 e. The molecule has 2 N–H and O–H groups in total. The first kappa shape index (κ1) is 23.2. The third-order valence-electron chi connectivity index (χ3n) is 6.55. The van der Waals surface area contributed by atoms with Gasteiger partial charge in [0.2, 0.25) is 11.9 Å². The highest BCUT2D eigenvalue weighted by Gasteiger charge is 2.26. The molecule has 0 atom stereocenters. The van der Waals surface area contributed by atoms with Gasteiger partial charge in [0, 0.05) is 24.4 Å². The number of amides is 2. The molecule has 2 aromatic heterocycles. The Morgan fingerprint density at radius 2 is 1.83 bits per heavy atom. The highest BCUT2D eigenvalue weighted by atomic mass is 32.1. The maximum absolute atomic E-state index is 13.1. The number of halogens is 1. The fourth-order valence-electron chi connectivity index (χ4n) is 4.34. The predicted octanol–water partition coefficient (Wildman–Crippen LogP) is 4.98. The molecule has 1 aliphatic rings. The van der Waals surface area contributed by atoms with Crippen molar-refractivity contribution in [1.29, 1.82) is 0 Å². The fraction of sp³-hybridized carbons (Fsp3) is 0.308. The van der Waals surface area contributed by atoms with E-state index in [0.717, 1.165) is 45.6 Å². The summed E-state index contributed by atoms with van der Waals surface area (Å²) in [5, 5.41) is 5.50. The number of anilines is 1. The van der Waals surface area contributed by atoms with Crippen molar-refractivity contribution < 1.29 is 14.0 Å². The van der Waals surface area contributed by atoms with Gasteiger partial charge in [0.05, 0.1) is 22.5 Å². The number of nitrogens with one attached hydrogen (secondary N) is 2. The van der Waals surface area contributed by atoms with Crippen LogP contribution in [0.25, 0.3) is 11.0 Å². The van der Waals surface area contributed by atoms with Crippen LogP contribution in [0.4, 0.5) is 10.3 Å². The Kier molecular flexibility index (Phi) is 6.34. The molecule has 0 saturated carbocycles. The number of likely N-dealkylation sites (tertiary alicyclic amines) is 1. The van der Waals surface area contributed by atoms with Crippen LogP contribution in [0.5, 0.6) is 0 Å². The Labute approximate surface area is 206 Å². The van der Waals surface area contributed by atoms with E-state index in [0.29, 0.717) is 24.7 Å². The van der Waals surface area contributed by atoms with Gasteiger partial charge in [-0.25, -0.2) is 14.4 Å². The van der Waals surface area contributed by atoms with E-state index in [2.05, 4.69) is 20.3 Å². The van der Waals surface area contributed by atoms with Crippen LogP contribution in [0, 0.1) is 19.7 Å². The van der Waals surface area contributed by atoms with Gasteiger partial charge in [-0.05, 0) is 67.6 Å². The number of carbonyl (C=O) groups excluding carboxylic acids is 2. The van der Waals surface area contributed by atoms with Crippen molar-refractivity contribution in [2.45, 2.75) is 39.0 Å². The van der Waals surface area contributed by atoms with E-state index in [9.17, 15) is 14.0 Å². The molecule has 9 heteroatoms. The number of rotatable bonds is 5. The van der Waals surface area contributed by atoms with Gasteiger partial charge in [0.15, 0.2) is 0 Å². The Morgan fingerprint density at radius 1 is 1.11 bits per heavy atom. The summed E-state index contributed by atoms with van der Waals surface area (Å²) in [4.78, 5) is 39.4. The zero-order chi connectivity index (χ0) is 24.5. The van der Waals surface area contributed by atoms with E-state index in [1.54, 1.807) is 17.5 Å². The van der Waals surface area contributed by atoms with E-state index in [4.69, 9.17) is 0 Å². The second kappa shape index (κ2) is 9.58. The second-order valence-corrected chi connectivity index (χ2v) is 9.91. The van der Waals surface area contributed by atoms with Crippen LogP contribution in [0.2, 0.25) is 0 Å². The first-order valence-corrected chi connectivity index (χ1v) is 12.5. The first-order chi connectivity index (χ1) is 16.9. The van der Waals surface area contributed by atoms with Crippen molar-refractivity contribution in [2.24, 2.45) is 0 Å². The van der Waals surface area contributed by atoms with Crippen LogP contribution in [0.15, 0.2) is 41.8 Å². The molecular weight excluding hydrogens is 465 g/mol.